The Bertz CT molecular complexity index is 782. The number of carbonyl (C=O) groups is 2. The van der Waals surface area contributed by atoms with Crippen LogP contribution in [0.1, 0.15) is 39.2 Å². The molecule has 1 fully saturated rings. The van der Waals surface area contributed by atoms with Crippen molar-refractivity contribution in [2.45, 2.75) is 45.2 Å². The summed E-state index contributed by atoms with van der Waals surface area (Å²) >= 11 is 1.34. The minimum atomic E-state index is -1.17. The van der Waals surface area contributed by atoms with Crippen LogP contribution >= 0.6 is 11.8 Å². The topological polar surface area (TPSA) is 92.4 Å². The molecule has 7 nitrogen and oxygen atoms in total. The van der Waals surface area contributed by atoms with E-state index in [0.29, 0.717) is 36.0 Å². The molecule has 3 rings (SSSR count). The number of H-pyrrole nitrogens is 1. The highest BCUT2D eigenvalue weighted by atomic mass is 32.2. The predicted octanol–water partition coefficient (Wildman–Crippen LogP) is 1.79. The Balaban J connectivity index is 2.09. The zero-order chi connectivity index (χ0) is 19.1. The van der Waals surface area contributed by atoms with Crippen molar-refractivity contribution >= 4 is 29.1 Å². The van der Waals surface area contributed by atoms with Crippen molar-refractivity contribution in [3.05, 3.63) is 15.9 Å². The van der Waals surface area contributed by atoms with E-state index in [-0.39, 0.29) is 42.2 Å². The van der Waals surface area contributed by atoms with E-state index >= 15 is 0 Å². The number of ketones is 2. The first-order valence-electron chi connectivity index (χ1n) is 8.79. The smallest absolute Gasteiger partial charge is 0.256 e. The van der Waals surface area contributed by atoms with E-state index in [4.69, 9.17) is 4.74 Å². The first kappa shape index (κ1) is 19.1. The lowest BCUT2D eigenvalue weighted by molar-refractivity contribution is -0.148. The molecule has 0 radical (unpaired) electrons. The zero-order valence-corrected chi connectivity index (χ0v) is 16.5. The molecule has 0 unspecified atom stereocenters. The summed E-state index contributed by atoms with van der Waals surface area (Å²) in [5.41, 5.74) is -1.40. The third kappa shape index (κ3) is 3.20. The summed E-state index contributed by atoms with van der Waals surface area (Å²) in [4.78, 5) is 47.7. The maximum atomic E-state index is 13.0. The number of ether oxygens (including phenoxy) is 1. The van der Waals surface area contributed by atoms with Crippen LogP contribution in [-0.4, -0.2) is 47.7 Å². The predicted molar refractivity (Wildman–Crippen MR) is 99.6 cm³/mol. The van der Waals surface area contributed by atoms with E-state index in [9.17, 15) is 14.4 Å². The van der Waals surface area contributed by atoms with Gasteiger partial charge in [-0.15, -0.1) is 0 Å². The van der Waals surface area contributed by atoms with Crippen LogP contribution in [0.4, 0.5) is 5.82 Å². The molecule has 1 aromatic heterocycles. The van der Waals surface area contributed by atoms with Crippen LogP contribution in [0.3, 0.4) is 0 Å². The van der Waals surface area contributed by atoms with Crippen LogP contribution < -0.4 is 10.5 Å². The quantitative estimate of drug-likeness (QED) is 0.484. The van der Waals surface area contributed by atoms with Gasteiger partial charge in [-0.05, 0) is 18.6 Å². The maximum absolute atomic E-state index is 13.0. The summed E-state index contributed by atoms with van der Waals surface area (Å²) in [6.07, 6.45) is 2.63. The van der Waals surface area contributed by atoms with Crippen molar-refractivity contribution in [3.63, 3.8) is 0 Å². The van der Waals surface area contributed by atoms with Gasteiger partial charge in [0.25, 0.3) is 5.56 Å². The van der Waals surface area contributed by atoms with E-state index in [1.54, 1.807) is 4.90 Å². The summed E-state index contributed by atoms with van der Waals surface area (Å²) in [5, 5.41) is 0.508. The van der Waals surface area contributed by atoms with Gasteiger partial charge in [0.05, 0.1) is 5.56 Å². The number of hydrogen-bond donors (Lipinski definition) is 1. The Morgan fingerprint density at radius 2 is 1.85 bits per heavy atom. The molecule has 0 atom stereocenters. The van der Waals surface area contributed by atoms with E-state index < -0.39 is 5.41 Å². The number of aromatic nitrogens is 2. The minimum Gasteiger partial charge on any atom is -0.361 e. The Kier molecular flexibility index (Phi) is 5.00. The molecular formula is C18H25N3O4S. The number of carbonyl (C=O) groups excluding carboxylic acids is 2. The van der Waals surface area contributed by atoms with Gasteiger partial charge in [0.15, 0.2) is 5.16 Å². The fourth-order valence-corrected chi connectivity index (χ4v) is 4.22. The number of aromatic amines is 1. The largest absolute Gasteiger partial charge is 0.361 e. The zero-order valence-electron chi connectivity index (χ0n) is 15.7. The Hall–Kier alpha value is -1.67. The van der Waals surface area contributed by atoms with E-state index in [1.165, 1.54) is 11.8 Å². The van der Waals surface area contributed by atoms with Crippen molar-refractivity contribution in [1.82, 2.24) is 9.97 Å². The number of rotatable bonds is 4. The Morgan fingerprint density at radius 3 is 2.42 bits per heavy atom. The number of fused-ring (bicyclic) bond motifs is 1. The highest BCUT2D eigenvalue weighted by molar-refractivity contribution is 7.98. The third-order valence-corrected chi connectivity index (χ3v) is 5.78. The SMILES string of the molecule is CCOCN1CC2(Cc3c1nc(SC)[nH]c3=O)C(=O)CC(C)(C)CC2=O. The molecule has 1 saturated carbocycles. The molecule has 2 heterocycles. The second-order valence-electron chi connectivity index (χ2n) is 7.82. The molecule has 0 saturated heterocycles. The number of anilines is 1. The van der Waals surface area contributed by atoms with Crippen molar-refractivity contribution in [2.75, 3.05) is 31.0 Å². The van der Waals surface area contributed by atoms with Crippen LogP contribution in [0.2, 0.25) is 0 Å². The number of hydrogen-bond acceptors (Lipinski definition) is 7. The Morgan fingerprint density at radius 1 is 1.19 bits per heavy atom. The number of nitrogens with one attached hydrogen (secondary N) is 1. The van der Waals surface area contributed by atoms with Gasteiger partial charge in [-0.3, -0.25) is 14.4 Å². The molecule has 0 bridgehead atoms. The second-order valence-corrected chi connectivity index (χ2v) is 8.62. The maximum Gasteiger partial charge on any atom is 0.256 e. The monoisotopic (exact) mass is 379 g/mol. The average molecular weight is 379 g/mol. The van der Waals surface area contributed by atoms with Gasteiger partial charge in [0.1, 0.15) is 29.5 Å². The lowest BCUT2D eigenvalue weighted by Gasteiger charge is -2.46. The van der Waals surface area contributed by atoms with Crippen molar-refractivity contribution in [3.8, 4) is 0 Å². The molecule has 1 aliphatic carbocycles. The molecule has 0 amide bonds. The van der Waals surface area contributed by atoms with E-state index in [0.717, 1.165) is 0 Å². The lowest BCUT2D eigenvalue weighted by atomic mass is 9.60. The van der Waals surface area contributed by atoms with Crippen LogP contribution in [0.15, 0.2) is 9.95 Å². The highest BCUT2D eigenvalue weighted by Gasteiger charge is 2.55. The molecule has 1 N–H and O–H groups in total. The standard InChI is InChI=1S/C18H25N3O4S/c1-5-25-10-21-9-18(12(22)7-17(2,3)8-13(18)23)6-11-14(21)19-16(26-4)20-15(11)24/h5-10H2,1-4H3,(H,19,20,24). The first-order chi connectivity index (χ1) is 12.2. The van der Waals surface area contributed by atoms with Crippen LogP contribution in [0.5, 0.6) is 0 Å². The van der Waals surface area contributed by atoms with Gasteiger partial charge >= 0.3 is 0 Å². The molecular weight excluding hydrogens is 354 g/mol. The molecule has 1 aliphatic heterocycles. The third-order valence-electron chi connectivity index (χ3n) is 5.20. The van der Waals surface area contributed by atoms with Gasteiger partial charge in [-0.1, -0.05) is 25.6 Å². The average Bonchev–Trinajstić information content (AvgIpc) is 2.57. The molecule has 2 aliphatic rings. The second kappa shape index (κ2) is 6.81. The summed E-state index contributed by atoms with van der Waals surface area (Å²) in [5.74, 6) is 0.348. The van der Waals surface area contributed by atoms with E-state index in [1.807, 2.05) is 27.0 Å². The fraction of sp³-hybridized carbons (Fsp3) is 0.667. The summed E-state index contributed by atoms with van der Waals surface area (Å²) in [6, 6.07) is 0. The number of nitrogens with zero attached hydrogens (tertiary/aromatic N) is 2. The van der Waals surface area contributed by atoms with E-state index in [2.05, 4.69) is 9.97 Å². The molecule has 1 aromatic rings. The Labute approximate surface area is 156 Å². The van der Waals surface area contributed by atoms with Gasteiger partial charge < -0.3 is 14.6 Å². The number of Topliss-reactive ketones (excluding diaryl/α,β-unsaturated/α-hetero) is 2. The van der Waals surface area contributed by atoms with Gasteiger partial charge in [0.2, 0.25) is 0 Å². The summed E-state index contributed by atoms with van der Waals surface area (Å²) in [6.45, 7) is 6.65. The van der Waals surface area contributed by atoms with Crippen molar-refractivity contribution < 1.29 is 14.3 Å². The van der Waals surface area contributed by atoms with Crippen LogP contribution in [0, 0.1) is 10.8 Å². The molecule has 8 heteroatoms. The van der Waals surface area contributed by atoms with Gasteiger partial charge in [-0.2, -0.15) is 0 Å². The molecule has 1 spiro atoms. The van der Waals surface area contributed by atoms with Crippen molar-refractivity contribution in [2.24, 2.45) is 10.8 Å². The lowest BCUT2D eigenvalue weighted by Crippen LogP contribution is -2.58. The highest BCUT2D eigenvalue weighted by Crippen LogP contribution is 2.45. The normalized spacial score (nSPS) is 21.2. The van der Waals surface area contributed by atoms with Crippen molar-refractivity contribution in [1.29, 1.82) is 0 Å². The van der Waals surface area contributed by atoms with Crippen LogP contribution in [-0.2, 0) is 20.7 Å². The van der Waals surface area contributed by atoms with Gasteiger partial charge in [-0.25, -0.2) is 4.98 Å². The van der Waals surface area contributed by atoms with Crippen LogP contribution in [0.25, 0.3) is 0 Å². The van der Waals surface area contributed by atoms with Gasteiger partial charge in [0, 0.05) is 32.4 Å². The molecule has 0 aromatic carbocycles. The summed E-state index contributed by atoms with van der Waals surface area (Å²) in [7, 11) is 0. The fourth-order valence-electron chi connectivity index (χ4n) is 3.85. The first-order valence-corrected chi connectivity index (χ1v) is 10.0. The number of thioether (sulfide) groups is 1. The minimum absolute atomic E-state index is 0.0840. The summed E-state index contributed by atoms with van der Waals surface area (Å²) < 4.78 is 5.53. The molecule has 26 heavy (non-hydrogen) atoms. The molecule has 142 valence electrons.